The lowest BCUT2D eigenvalue weighted by molar-refractivity contribution is -0.142. The van der Waals surface area contributed by atoms with Gasteiger partial charge >= 0.3 is 0 Å². The van der Waals surface area contributed by atoms with Crippen molar-refractivity contribution in [1.29, 1.82) is 0 Å². The van der Waals surface area contributed by atoms with Gasteiger partial charge in [0, 0.05) is 65.7 Å². The zero-order valence-corrected chi connectivity index (χ0v) is 18.8. The van der Waals surface area contributed by atoms with Crippen molar-refractivity contribution in [2.24, 2.45) is 4.99 Å². The molecule has 7 nitrogen and oxygen atoms in total. The predicted molar refractivity (Wildman–Crippen MR) is 122 cm³/mol. The van der Waals surface area contributed by atoms with Crippen molar-refractivity contribution < 1.29 is 9.53 Å². The third kappa shape index (κ3) is 6.11. The zero-order valence-electron chi connectivity index (χ0n) is 18.8. The largest absolute Gasteiger partial charge is 0.378 e. The number of carbonyl (C=O) groups is 1. The number of hydrogen-bond acceptors (Lipinski definition) is 4. The molecular formula is C23H37N5O2. The highest BCUT2D eigenvalue weighted by molar-refractivity contribution is 5.82. The molecule has 2 aliphatic heterocycles. The van der Waals surface area contributed by atoms with Crippen LogP contribution in [0.1, 0.15) is 31.7 Å². The van der Waals surface area contributed by atoms with Crippen molar-refractivity contribution >= 4 is 17.6 Å². The van der Waals surface area contributed by atoms with Gasteiger partial charge < -0.3 is 24.8 Å². The number of piperazine rings is 1. The van der Waals surface area contributed by atoms with Crippen LogP contribution in [0.5, 0.6) is 0 Å². The number of anilines is 1. The Hall–Kier alpha value is -2.28. The molecule has 2 heterocycles. The van der Waals surface area contributed by atoms with Gasteiger partial charge in [0.15, 0.2) is 5.96 Å². The predicted octanol–water partition coefficient (Wildman–Crippen LogP) is 1.97. The molecular weight excluding hydrogens is 378 g/mol. The molecule has 166 valence electrons. The summed E-state index contributed by atoms with van der Waals surface area (Å²) in [6.45, 7) is 7.56. The quantitative estimate of drug-likeness (QED) is 0.419. The van der Waals surface area contributed by atoms with Crippen LogP contribution in [0.2, 0.25) is 0 Å². The summed E-state index contributed by atoms with van der Waals surface area (Å²) in [4.78, 5) is 23.7. The summed E-state index contributed by atoms with van der Waals surface area (Å²) in [5, 5.41) is 3.41. The molecule has 0 spiro atoms. The van der Waals surface area contributed by atoms with Gasteiger partial charge in [0.05, 0.1) is 0 Å². The van der Waals surface area contributed by atoms with E-state index in [2.05, 4.69) is 60.4 Å². The summed E-state index contributed by atoms with van der Waals surface area (Å²) < 4.78 is 5.56. The van der Waals surface area contributed by atoms with E-state index in [-0.39, 0.29) is 12.0 Å². The third-order valence-electron chi connectivity index (χ3n) is 5.77. The number of aliphatic imine (C=N–C) groups is 1. The smallest absolute Gasteiger partial charge is 0.251 e. The number of hydrogen-bond donors (Lipinski definition) is 1. The van der Waals surface area contributed by atoms with E-state index < -0.39 is 0 Å². The zero-order chi connectivity index (χ0) is 21.3. The molecule has 30 heavy (non-hydrogen) atoms. The lowest BCUT2D eigenvalue weighted by Crippen LogP contribution is -2.55. The molecule has 0 aliphatic carbocycles. The van der Waals surface area contributed by atoms with E-state index in [1.54, 1.807) is 0 Å². The molecule has 1 N–H and O–H groups in total. The molecule has 0 aromatic heterocycles. The van der Waals surface area contributed by atoms with E-state index in [4.69, 9.17) is 9.73 Å². The SMILES string of the molecule is CCNC(=NCCCc1ccc(N(C)C)cc1)N1CCN(C(=O)C2CCCO2)CC1. The van der Waals surface area contributed by atoms with Gasteiger partial charge in [-0.15, -0.1) is 0 Å². The Labute approximate surface area is 181 Å². The topological polar surface area (TPSA) is 60.4 Å². The van der Waals surface area contributed by atoms with E-state index in [0.717, 1.165) is 70.9 Å². The molecule has 1 atom stereocenters. The van der Waals surface area contributed by atoms with Crippen LogP contribution in [0, 0.1) is 0 Å². The standard InChI is InChI=1S/C23H37N5O2/c1-4-24-23(25-13-5-7-19-9-11-20(12-10-19)26(2)3)28-16-14-27(15-17-28)22(29)21-8-6-18-30-21/h9-12,21H,4-8,13-18H2,1-3H3,(H,24,25). The lowest BCUT2D eigenvalue weighted by atomic mass is 10.1. The molecule has 1 amide bonds. The minimum atomic E-state index is -0.217. The number of nitrogens with one attached hydrogen (secondary N) is 1. The van der Waals surface area contributed by atoms with Crippen LogP contribution in [0.3, 0.4) is 0 Å². The first-order valence-corrected chi connectivity index (χ1v) is 11.3. The van der Waals surface area contributed by atoms with Crippen LogP contribution in [-0.2, 0) is 16.0 Å². The van der Waals surface area contributed by atoms with E-state index >= 15 is 0 Å². The number of nitrogens with zero attached hydrogens (tertiary/aromatic N) is 4. The number of benzene rings is 1. The van der Waals surface area contributed by atoms with Crippen molar-refractivity contribution in [2.75, 3.05) is 64.9 Å². The summed E-state index contributed by atoms with van der Waals surface area (Å²) in [6, 6.07) is 8.74. The Balaban J connectivity index is 1.45. The van der Waals surface area contributed by atoms with Crippen LogP contribution >= 0.6 is 0 Å². The molecule has 1 unspecified atom stereocenters. The molecule has 1 aromatic carbocycles. The number of guanidine groups is 1. The number of ether oxygens (including phenoxy) is 1. The van der Waals surface area contributed by atoms with Gasteiger partial charge in [0.1, 0.15) is 6.10 Å². The van der Waals surface area contributed by atoms with Gasteiger partial charge in [0.2, 0.25) is 0 Å². The summed E-state index contributed by atoms with van der Waals surface area (Å²) in [5.41, 5.74) is 2.57. The van der Waals surface area contributed by atoms with Gasteiger partial charge in [-0.3, -0.25) is 9.79 Å². The highest BCUT2D eigenvalue weighted by Gasteiger charge is 2.30. The van der Waals surface area contributed by atoms with Gasteiger partial charge in [-0.2, -0.15) is 0 Å². The Bertz CT molecular complexity index is 690. The minimum absolute atomic E-state index is 0.161. The number of carbonyl (C=O) groups excluding carboxylic acids is 1. The van der Waals surface area contributed by atoms with E-state index in [1.807, 2.05) is 4.90 Å². The average molecular weight is 416 g/mol. The maximum absolute atomic E-state index is 12.5. The minimum Gasteiger partial charge on any atom is -0.378 e. The molecule has 2 saturated heterocycles. The number of amides is 1. The Kier molecular flexibility index (Phi) is 8.37. The Morgan fingerprint density at radius 2 is 1.87 bits per heavy atom. The second kappa shape index (κ2) is 11.2. The van der Waals surface area contributed by atoms with Crippen LogP contribution in [0.15, 0.2) is 29.3 Å². The molecule has 0 radical (unpaired) electrons. The van der Waals surface area contributed by atoms with Crippen molar-refractivity contribution in [3.63, 3.8) is 0 Å². The van der Waals surface area contributed by atoms with Crippen molar-refractivity contribution in [3.8, 4) is 0 Å². The number of rotatable bonds is 7. The van der Waals surface area contributed by atoms with Crippen LogP contribution in [0.4, 0.5) is 5.69 Å². The van der Waals surface area contributed by atoms with E-state index in [9.17, 15) is 4.79 Å². The lowest BCUT2D eigenvalue weighted by Gasteiger charge is -2.37. The Morgan fingerprint density at radius 3 is 2.47 bits per heavy atom. The third-order valence-corrected chi connectivity index (χ3v) is 5.77. The molecule has 0 bridgehead atoms. The first kappa shape index (κ1) is 22.4. The van der Waals surface area contributed by atoms with Gasteiger partial charge in [-0.05, 0) is 50.3 Å². The molecule has 2 aliphatic rings. The monoisotopic (exact) mass is 415 g/mol. The maximum atomic E-state index is 12.5. The highest BCUT2D eigenvalue weighted by atomic mass is 16.5. The van der Waals surface area contributed by atoms with Crippen molar-refractivity contribution in [3.05, 3.63) is 29.8 Å². The first-order chi connectivity index (χ1) is 14.6. The normalized spacial score (nSPS) is 19.8. The van der Waals surface area contributed by atoms with Crippen LogP contribution in [-0.4, -0.2) is 87.7 Å². The molecule has 7 heteroatoms. The number of aryl methyl sites for hydroxylation is 1. The highest BCUT2D eigenvalue weighted by Crippen LogP contribution is 2.16. The van der Waals surface area contributed by atoms with Crippen LogP contribution < -0.4 is 10.2 Å². The van der Waals surface area contributed by atoms with Gasteiger partial charge in [-0.25, -0.2) is 0 Å². The fourth-order valence-electron chi connectivity index (χ4n) is 3.97. The molecule has 0 saturated carbocycles. The molecule has 3 rings (SSSR count). The fraction of sp³-hybridized carbons (Fsp3) is 0.652. The second-order valence-electron chi connectivity index (χ2n) is 8.21. The summed E-state index contributed by atoms with van der Waals surface area (Å²) in [6.07, 6.45) is 3.69. The van der Waals surface area contributed by atoms with Gasteiger partial charge in [-0.1, -0.05) is 12.1 Å². The van der Waals surface area contributed by atoms with Crippen LogP contribution in [0.25, 0.3) is 0 Å². The Morgan fingerprint density at radius 1 is 1.17 bits per heavy atom. The van der Waals surface area contributed by atoms with Crippen molar-refractivity contribution in [1.82, 2.24) is 15.1 Å². The fourth-order valence-corrected chi connectivity index (χ4v) is 3.97. The van der Waals surface area contributed by atoms with Gasteiger partial charge in [0.25, 0.3) is 5.91 Å². The maximum Gasteiger partial charge on any atom is 0.251 e. The average Bonchev–Trinajstić information content (AvgIpc) is 3.31. The summed E-state index contributed by atoms with van der Waals surface area (Å²) in [7, 11) is 4.12. The second-order valence-corrected chi connectivity index (χ2v) is 8.21. The summed E-state index contributed by atoms with van der Waals surface area (Å²) in [5.74, 6) is 1.12. The summed E-state index contributed by atoms with van der Waals surface area (Å²) >= 11 is 0. The first-order valence-electron chi connectivity index (χ1n) is 11.3. The van der Waals surface area contributed by atoms with E-state index in [1.165, 1.54) is 11.3 Å². The molecule has 1 aromatic rings. The van der Waals surface area contributed by atoms with Crippen molar-refractivity contribution in [2.45, 2.75) is 38.7 Å². The van der Waals surface area contributed by atoms with E-state index in [0.29, 0.717) is 6.61 Å². The molecule has 2 fully saturated rings.